The summed E-state index contributed by atoms with van der Waals surface area (Å²) in [5, 5.41) is 5.97. The minimum Gasteiger partial charge on any atom is -0.474 e. The van der Waals surface area contributed by atoms with Gasteiger partial charge in [0.2, 0.25) is 17.7 Å². The number of amides is 3. The molecular formula is C19H32N4O4S. The van der Waals surface area contributed by atoms with Crippen LogP contribution in [0.5, 0.6) is 0 Å². The monoisotopic (exact) mass is 412 g/mol. The molecule has 1 aliphatic carbocycles. The largest absolute Gasteiger partial charge is 0.474 e. The van der Waals surface area contributed by atoms with Gasteiger partial charge in [-0.15, -0.1) is 0 Å². The van der Waals surface area contributed by atoms with Crippen molar-refractivity contribution >= 4 is 34.3 Å². The third kappa shape index (κ3) is 7.18. The Labute approximate surface area is 169 Å². The van der Waals surface area contributed by atoms with Crippen LogP contribution in [-0.2, 0) is 19.1 Å². The fraction of sp³-hybridized carbons (Fsp3) is 0.684. The molecule has 28 heavy (non-hydrogen) atoms. The van der Waals surface area contributed by atoms with Crippen molar-refractivity contribution in [3.63, 3.8) is 0 Å². The van der Waals surface area contributed by atoms with Crippen LogP contribution < -0.4 is 15.4 Å². The number of ether oxygens (including phenoxy) is 1. The summed E-state index contributed by atoms with van der Waals surface area (Å²) >= 11 is 0. The molecule has 0 radical (unpaired) electrons. The predicted molar refractivity (Wildman–Crippen MR) is 112 cm³/mol. The Hall–Kier alpha value is -2.03. The topological polar surface area (TPSA) is 99.8 Å². The SMILES string of the molecule is C=C(NCC(=O)N1CCC[C@H]1C(=O)NCC(=O)NS(=C)C1CC1)OC(C)(C)C. The third-order valence-corrected chi connectivity index (χ3v) is 6.10. The van der Waals surface area contributed by atoms with Gasteiger partial charge in [-0.05, 0) is 53.0 Å². The molecule has 2 fully saturated rings. The minimum atomic E-state index is -0.555. The van der Waals surface area contributed by atoms with E-state index in [2.05, 4.69) is 27.8 Å². The first kappa shape index (κ1) is 22.3. The first-order valence-corrected chi connectivity index (χ1v) is 11.0. The summed E-state index contributed by atoms with van der Waals surface area (Å²) in [7, 11) is -0.380. The van der Waals surface area contributed by atoms with Gasteiger partial charge in [-0.25, -0.2) is 0 Å². The number of nitrogens with one attached hydrogen (secondary N) is 3. The zero-order valence-corrected chi connectivity index (χ0v) is 17.8. The van der Waals surface area contributed by atoms with Crippen molar-refractivity contribution in [2.45, 2.75) is 63.3 Å². The molecule has 0 aromatic heterocycles. The van der Waals surface area contributed by atoms with Crippen LogP contribution in [0.25, 0.3) is 0 Å². The number of nitrogens with zero attached hydrogens (tertiary/aromatic N) is 1. The van der Waals surface area contributed by atoms with E-state index in [9.17, 15) is 14.4 Å². The maximum absolute atomic E-state index is 12.5. The Bertz CT molecular complexity index is 655. The number of hydrogen-bond acceptors (Lipinski definition) is 5. The van der Waals surface area contributed by atoms with Gasteiger partial charge < -0.3 is 25.0 Å². The van der Waals surface area contributed by atoms with Crippen molar-refractivity contribution in [3.8, 4) is 0 Å². The molecule has 1 heterocycles. The number of likely N-dealkylation sites (tertiary alicyclic amines) is 1. The van der Waals surface area contributed by atoms with Crippen molar-refractivity contribution in [2.24, 2.45) is 0 Å². The summed E-state index contributed by atoms with van der Waals surface area (Å²) in [6.07, 6.45) is 3.53. The van der Waals surface area contributed by atoms with Crippen LogP contribution in [0.15, 0.2) is 12.5 Å². The fourth-order valence-electron chi connectivity index (χ4n) is 2.92. The molecule has 1 saturated heterocycles. The van der Waals surface area contributed by atoms with Gasteiger partial charge >= 0.3 is 0 Å². The standard InChI is InChI=1S/C19H32N4O4S/c1-13(27-19(2,3)4)20-12-17(25)23-10-6-7-15(23)18(26)21-11-16(24)22-28(5)14-8-9-14/h14-15,20H,1,5-12H2,2-4H3,(H,21,26)(H,22,24)/t15-,28?/m0/s1. The molecule has 2 rings (SSSR count). The van der Waals surface area contributed by atoms with Crippen molar-refractivity contribution in [2.75, 3.05) is 19.6 Å². The average molecular weight is 413 g/mol. The molecule has 0 bridgehead atoms. The van der Waals surface area contributed by atoms with E-state index in [4.69, 9.17) is 4.74 Å². The number of carbonyl (C=O) groups is 3. The van der Waals surface area contributed by atoms with Crippen LogP contribution >= 0.6 is 10.7 Å². The number of carbonyl (C=O) groups excluding carboxylic acids is 3. The Kier molecular flexibility index (Phi) is 7.51. The van der Waals surface area contributed by atoms with Crippen molar-refractivity contribution < 1.29 is 19.1 Å². The van der Waals surface area contributed by atoms with Gasteiger partial charge in [0.25, 0.3) is 0 Å². The maximum atomic E-state index is 12.5. The van der Waals surface area contributed by atoms with Gasteiger partial charge in [0.05, 0.1) is 13.1 Å². The van der Waals surface area contributed by atoms with Crippen LogP contribution in [0, 0.1) is 0 Å². The highest BCUT2D eigenvalue weighted by Gasteiger charge is 2.34. The smallest absolute Gasteiger partial charge is 0.248 e. The Morgan fingerprint density at radius 3 is 2.43 bits per heavy atom. The quantitative estimate of drug-likeness (QED) is 0.385. The van der Waals surface area contributed by atoms with Crippen LogP contribution in [-0.4, -0.2) is 65.0 Å². The molecule has 1 saturated carbocycles. The Morgan fingerprint density at radius 1 is 1.14 bits per heavy atom. The van der Waals surface area contributed by atoms with E-state index in [0.717, 1.165) is 19.3 Å². The van der Waals surface area contributed by atoms with E-state index < -0.39 is 11.6 Å². The summed E-state index contributed by atoms with van der Waals surface area (Å²) in [4.78, 5) is 38.4. The lowest BCUT2D eigenvalue weighted by Crippen LogP contribution is -2.49. The molecule has 3 amide bonds. The molecule has 3 N–H and O–H groups in total. The molecule has 1 unspecified atom stereocenters. The summed E-state index contributed by atoms with van der Waals surface area (Å²) in [5.74, 6) is 3.51. The third-order valence-electron chi connectivity index (χ3n) is 4.34. The van der Waals surface area contributed by atoms with Gasteiger partial charge in [-0.1, -0.05) is 16.5 Å². The summed E-state index contributed by atoms with van der Waals surface area (Å²) in [5.41, 5.74) is -0.406. The van der Waals surface area contributed by atoms with E-state index in [-0.39, 0.29) is 41.5 Å². The van der Waals surface area contributed by atoms with E-state index in [1.54, 1.807) is 4.90 Å². The van der Waals surface area contributed by atoms with E-state index in [1.807, 2.05) is 20.8 Å². The summed E-state index contributed by atoms with van der Waals surface area (Å²) in [6, 6.07) is -0.555. The van der Waals surface area contributed by atoms with Gasteiger partial charge in [0, 0.05) is 11.8 Å². The first-order valence-electron chi connectivity index (χ1n) is 9.58. The Morgan fingerprint density at radius 2 is 1.82 bits per heavy atom. The molecule has 158 valence electrons. The summed E-state index contributed by atoms with van der Waals surface area (Å²) < 4.78 is 8.36. The molecule has 8 nitrogen and oxygen atoms in total. The highest BCUT2D eigenvalue weighted by Crippen LogP contribution is 2.35. The highest BCUT2D eigenvalue weighted by molar-refractivity contribution is 8.13. The zero-order valence-electron chi connectivity index (χ0n) is 17.0. The maximum Gasteiger partial charge on any atom is 0.248 e. The van der Waals surface area contributed by atoms with Gasteiger partial charge in [0.15, 0.2) is 5.88 Å². The molecule has 2 aliphatic rings. The lowest BCUT2D eigenvalue weighted by molar-refractivity contribution is -0.138. The first-order chi connectivity index (χ1) is 13.1. The number of rotatable bonds is 9. The van der Waals surface area contributed by atoms with Gasteiger partial charge in [0.1, 0.15) is 11.6 Å². The van der Waals surface area contributed by atoms with Gasteiger partial charge in [-0.2, -0.15) is 0 Å². The van der Waals surface area contributed by atoms with Crippen LogP contribution in [0.1, 0.15) is 46.5 Å². The van der Waals surface area contributed by atoms with Crippen molar-refractivity contribution in [3.05, 3.63) is 12.5 Å². The molecule has 1 aliphatic heterocycles. The minimum absolute atomic E-state index is 0.00483. The predicted octanol–water partition coefficient (Wildman–Crippen LogP) is 0.864. The lowest BCUT2D eigenvalue weighted by Gasteiger charge is -2.26. The molecule has 0 aromatic rings. The van der Waals surface area contributed by atoms with E-state index in [1.165, 1.54) is 0 Å². The normalized spacial score (nSPS) is 20.2. The van der Waals surface area contributed by atoms with Crippen LogP contribution in [0.3, 0.4) is 0 Å². The molecule has 0 spiro atoms. The van der Waals surface area contributed by atoms with Crippen LogP contribution in [0.4, 0.5) is 0 Å². The molecule has 2 atom stereocenters. The fourth-order valence-corrected chi connectivity index (χ4v) is 4.16. The van der Waals surface area contributed by atoms with Crippen molar-refractivity contribution in [1.29, 1.82) is 0 Å². The van der Waals surface area contributed by atoms with E-state index >= 15 is 0 Å². The van der Waals surface area contributed by atoms with Gasteiger partial charge in [-0.3, -0.25) is 14.4 Å². The lowest BCUT2D eigenvalue weighted by atomic mass is 10.2. The summed E-state index contributed by atoms with van der Waals surface area (Å²) in [6.45, 7) is 9.84. The second-order valence-corrected chi connectivity index (χ2v) is 9.84. The molecule has 0 aromatic carbocycles. The average Bonchev–Trinajstić information content (AvgIpc) is 3.33. The highest BCUT2D eigenvalue weighted by atomic mass is 32.2. The molecule has 9 heteroatoms. The number of hydrogen-bond donors (Lipinski definition) is 3. The van der Waals surface area contributed by atoms with Crippen LogP contribution in [0.2, 0.25) is 0 Å². The zero-order chi connectivity index (χ0) is 20.9. The second-order valence-electron chi connectivity index (χ2n) is 8.11. The molecular weight excluding hydrogens is 380 g/mol. The Balaban J connectivity index is 1.76. The van der Waals surface area contributed by atoms with Crippen molar-refractivity contribution in [1.82, 2.24) is 20.3 Å². The second kappa shape index (κ2) is 9.45. The van der Waals surface area contributed by atoms with E-state index in [0.29, 0.717) is 24.1 Å².